The summed E-state index contributed by atoms with van der Waals surface area (Å²) in [5.74, 6) is 1.09. The minimum absolute atomic E-state index is 0.240. The van der Waals surface area contributed by atoms with E-state index in [1.807, 2.05) is 30.3 Å². The Balaban J connectivity index is 2.35. The Morgan fingerprint density at radius 2 is 1.64 bits per heavy atom. The molecule has 0 saturated carbocycles. The van der Waals surface area contributed by atoms with E-state index in [1.165, 1.54) is 0 Å². The molecule has 0 fully saturated rings. The summed E-state index contributed by atoms with van der Waals surface area (Å²) in [6.07, 6.45) is 0. The predicted molar refractivity (Wildman–Crippen MR) is 88.1 cm³/mol. The van der Waals surface area contributed by atoms with E-state index < -0.39 is 0 Å². The third-order valence-corrected chi connectivity index (χ3v) is 3.91. The average molecular weight is 316 g/mol. The van der Waals surface area contributed by atoms with Crippen LogP contribution in [0.15, 0.2) is 47.3 Å². The molecule has 1 aromatic heterocycles. The van der Waals surface area contributed by atoms with Gasteiger partial charge < -0.3 is 14.5 Å². The van der Waals surface area contributed by atoms with Crippen molar-refractivity contribution in [3.63, 3.8) is 0 Å². The molecule has 0 atom stereocenters. The van der Waals surface area contributed by atoms with Gasteiger partial charge in [0.2, 0.25) is 0 Å². The maximum absolute atomic E-state index is 12.4. The third-order valence-electron chi connectivity index (χ3n) is 3.52. The van der Waals surface area contributed by atoms with E-state index >= 15 is 0 Å². The topological polar surface area (TPSA) is 51.3 Å². The molecule has 0 aliphatic rings. The molecule has 112 valence electrons. The van der Waals surface area contributed by atoms with Crippen molar-refractivity contribution in [2.24, 2.45) is 0 Å². The summed E-state index contributed by atoms with van der Waals surface area (Å²) in [6.45, 7) is 0. The number of H-pyrrole nitrogens is 1. The van der Waals surface area contributed by atoms with E-state index in [-0.39, 0.29) is 5.56 Å². The summed E-state index contributed by atoms with van der Waals surface area (Å²) in [7, 11) is 3.10. The number of nitrogens with one attached hydrogen (secondary N) is 1. The summed E-state index contributed by atoms with van der Waals surface area (Å²) in [5.41, 5.74) is 1.58. The molecule has 3 rings (SSSR count). The Kier molecular flexibility index (Phi) is 3.77. The van der Waals surface area contributed by atoms with Crippen molar-refractivity contribution in [3.8, 4) is 22.6 Å². The molecule has 1 N–H and O–H groups in total. The fourth-order valence-electron chi connectivity index (χ4n) is 2.45. The Bertz CT molecular complexity index is 888. The first-order valence-corrected chi connectivity index (χ1v) is 7.06. The van der Waals surface area contributed by atoms with Crippen molar-refractivity contribution < 1.29 is 9.47 Å². The van der Waals surface area contributed by atoms with Gasteiger partial charge >= 0.3 is 0 Å². The molecule has 0 spiro atoms. The molecule has 0 aliphatic carbocycles. The Labute approximate surface area is 132 Å². The van der Waals surface area contributed by atoms with Crippen molar-refractivity contribution in [2.75, 3.05) is 14.2 Å². The predicted octanol–water partition coefficient (Wildman–Crippen LogP) is 3.87. The second kappa shape index (κ2) is 5.73. The van der Waals surface area contributed by atoms with Crippen LogP contribution in [-0.2, 0) is 0 Å². The molecular weight excluding hydrogens is 302 g/mol. The quantitative estimate of drug-likeness (QED) is 0.798. The lowest BCUT2D eigenvalue weighted by atomic mass is 10.0. The van der Waals surface area contributed by atoms with Crippen LogP contribution in [0, 0.1) is 0 Å². The molecule has 5 heteroatoms. The van der Waals surface area contributed by atoms with Crippen LogP contribution in [0.2, 0.25) is 5.02 Å². The smallest absolute Gasteiger partial charge is 0.257 e. The molecule has 0 unspecified atom stereocenters. The van der Waals surface area contributed by atoms with Gasteiger partial charge in [-0.2, -0.15) is 0 Å². The van der Waals surface area contributed by atoms with Crippen LogP contribution in [-0.4, -0.2) is 19.2 Å². The highest BCUT2D eigenvalue weighted by atomic mass is 35.5. The number of aromatic nitrogens is 1. The number of methoxy groups -OCH3 is 2. The normalized spacial score (nSPS) is 10.7. The lowest BCUT2D eigenvalue weighted by molar-refractivity contribution is 0.356. The van der Waals surface area contributed by atoms with Crippen LogP contribution in [0.1, 0.15) is 0 Å². The van der Waals surface area contributed by atoms with Crippen molar-refractivity contribution in [3.05, 3.63) is 57.8 Å². The van der Waals surface area contributed by atoms with Crippen LogP contribution in [0.3, 0.4) is 0 Å². The molecule has 3 aromatic rings. The Morgan fingerprint density at radius 1 is 1.00 bits per heavy atom. The van der Waals surface area contributed by atoms with Crippen molar-refractivity contribution in [1.29, 1.82) is 0 Å². The number of hydrogen-bond donors (Lipinski definition) is 1. The Morgan fingerprint density at radius 3 is 2.27 bits per heavy atom. The first kappa shape index (κ1) is 14.5. The molecule has 4 nitrogen and oxygen atoms in total. The largest absolute Gasteiger partial charge is 0.493 e. The van der Waals surface area contributed by atoms with E-state index in [4.69, 9.17) is 21.1 Å². The number of halogens is 1. The van der Waals surface area contributed by atoms with Gasteiger partial charge in [-0.05, 0) is 11.6 Å². The van der Waals surface area contributed by atoms with Crippen LogP contribution < -0.4 is 15.0 Å². The van der Waals surface area contributed by atoms with Gasteiger partial charge in [-0.3, -0.25) is 4.79 Å². The molecule has 1 heterocycles. The molecule has 0 radical (unpaired) electrons. The second-order valence-corrected chi connectivity index (χ2v) is 5.14. The summed E-state index contributed by atoms with van der Waals surface area (Å²) >= 11 is 6.49. The van der Waals surface area contributed by atoms with E-state index in [0.29, 0.717) is 33.0 Å². The molecule has 0 saturated heterocycles. The number of aromatic amines is 1. The molecule has 0 bridgehead atoms. The molecule has 2 aromatic carbocycles. The SMILES string of the molecule is COc1cc2[nH]c(=O)c(-c3ccccc3)c(Cl)c2cc1OC. The maximum atomic E-state index is 12.4. The van der Waals surface area contributed by atoms with E-state index in [9.17, 15) is 4.79 Å². The molecular formula is C17H14ClNO3. The average Bonchev–Trinajstić information content (AvgIpc) is 2.54. The zero-order valence-corrected chi connectivity index (χ0v) is 12.9. The third kappa shape index (κ3) is 2.31. The van der Waals surface area contributed by atoms with Gasteiger partial charge in [-0.1, -0.05) is 41.9 Å². The minimum Gasteiger partial charge on any atom is -0.493 e. The van der Waals surface area contributed by atoms with Crippen molar-refractivity contribution in [2.45, 2.75) is 0 Å². The summed E-state index contributed by atoms with van der Waals surface area (Å²) in [6, 6.07) is 12.8. The highest BCUT2D eigenvalue weighted by molar-refractivity contribution is 6.38. The number of benzene rings is 2. The monoisotopic (exact) mass is 315 g/mol. The fraction of sp³-hybridized carbons (Fsp3) is 0.118. The fourth-order valence-corrected chi connectivity index (χ4v) is 2.80. The van der Waals surface area contributed by atoms with Gasteiger partial charge in [0.1, 0.15) is 0 Å². The summed E-state index contributed by atoms with van der Waals surface area (Å²) < 4.78 is 10.5. The zero-order chi connectivity index (χ0) is 15.7. The second-order valence-electron chi connectivity index (χ2n) is 4.76. The summed E-state index contributed by atoms with van der Waals surface area (Å²) in [4.78, 5) is 15.2. The van der Waals surface area contributed by atoms with E-state index in [0.717, 1.165) is 5.56 Å². The first-order chi connectivity index (χ1) is 10.7. The Hall–Kier alpha value is -2.46. The van der Waals surface area contributed by atoms with Gasteiger partial charge in [0.05, 0.1) is 30.3 Å². The molecule has 0 aliphatic heterocycles. The van der Waals surface area contributed by atoms with Gasteiger partial charge in [0, 0.05) is 11.5 Å². The standard InChI is InChI=1S/C17H14ClNO3/c1-21-13-8-11-12(9-14(13)22-2)19-17(20)15(16(11)18)10-6-4-3-5-7-10/h3-9H,1-2H3,(H,19,20). The van der Waals surface area contributed by atoms with E-state index in [2.05, 4.69) is 4.98 Å². The van der Waals surface area contributed by atoms with Crippen molar-refractivity contribution >= 4 is 22.5 Å². The highest BCUT2D eigenvalue weighted by Gasteiger charge is 2.15. The van der Waals surface area contributed by atoms with Gasteiger partial charge in [-0.15, -0.1) is 0 Å². The van der Waals surface area contributed by atoms with Crippen LogP contribution >= 0.6 is 11.6 Å². The van der Waals surface area contributed by atoms with Gasteiger partial charge in [0.25, 0.3) is 5.56 Å². The number of rotatable bonds is 3. The number of pyridine rings is 1. The van der Waals surface area contributed by atoms with E-state index in [1.54, 1.807) is 26.4 Å². The summed E-state index contributed by atoms with van der Waals surface area (Å²) in [5, 5.41) is 1.10. The van der Waals surface area contributed by atoms with Gasteiger partial charge in [-0.25, -0.2) is 0 Å². The number of ether oxygens (including phenoxy) is 2. The lowest BCUT2D eigenvalue weighted by Gasteiger charge is -2.12. The van der Waals surface area contributed by atoms with Crippen LogP contribution in [0.5, 0.6) is 11.5 Å². The molecule has 0 amide bonds. The van der Waals surface area contributed by atoms with Crippen molar-refractivity contribution in [1.82, 2.24) is 4.98 Å². The zero-order valence-electron chi connectivity index (χ0n) is 12.1. The van der Waals surface area contributed by atoms with Crippen LogP contribution in [0.4, 0.5) is 0 Å². The van der Waals surface area contributed by atoms with Crippen LogP contribution in [0.25, 0.3) is 22.0 Å². The first-order valence-electron chi connectivity index (χ1n) is 6.68. The van der Waals surface area contributed by atoms with Gasteiger partial charge in [0.15, 0.2) is 11.5 Å². The minimum atomic E-state index is -0.240. The number of fused-ring (bicyclic) bond motifs is 1. The highest BCUT2D eigenvalue weighted by Crippen LogP contribution is 2.37. The molecule has 22 heavy (non-hydrogen) atoms. The maximum Gasteiger partial charge on any atom is 0.257 e. The lowest BCUT2D eigenvalue weighted by Crippen LogP contribution is -2.10. The number of hydrogen-bond acceptors (Lipinski definition) is 3.